The number of carbonyl (C=O) groups excluding carboxylic acids is 2. The SMILES string of the molecule is COc1cc(-c2cnc(N)c(-c3ccc(NC(=O)c4cn5c(c(-c6ccc(C)s6)c4=O)C(=O)N4CCCOC4C5)cc3F)c2)ccc1OCCN1CCOCC1. The molecule has 290 valence electrons. The van der Waals surface area contributed by atoms with Crippen LogP contribution in [0.2, 0.25) is 0 Å². The van der Waals surface area contributed by atoms with Crippen LogP contribution in [0.4, 0.5) is 15.9 Å². The Morgan fingerprint density at radius 2 is 1.86 bits per heavy atom. The van der Waals surface area contributed by atoms with Gasteiger partial charge in [-0.1, -0.05) is 6.07 Å². The second-order valence-electron chi connectivity index (χ2n) is 13.8. The number of anilines is 2. The smallest absolute Gasteiger partial charge is 0.273 e. The molecule has 3 N–H and O–H groups in total. The lowest BCUT2D eigenvalue weighted by Crippen LogP contribution is -2.53. The number of benzene rings is 2. The Morgan fingerprint density at radius 3 is 2.62 bits per heavy atom. The molecule has 2 aromatic carbocycles. The van der Waals surface area contributed by atoms with Crippen LogP contribution < -0.4 is 26.0 Å². The topological polar surface area (TPSA) is 150 Å². The molecule has 1 unspecified atom stereocenters. The number of nitrogen functional groups attached to an aromatic ring is 1. The number of carbonyl (C=O) groups is 2. The highest BCUT2D eigenvalue weighted by atomic mass is 32.1. The maximum Gasteiger partial charge on any atom is 0.273 e. The highest BCUT2D eigenvalue weighted by Gasteiger charge is 2.38. The van der Waals surface area contributed by atoms with Gasteiger partial charge in [0, 0.05) is 70.7 Å². The molecule has 3 aliphatic rings. The van der Waals surface area contributed by atoms with Crippen molar-refractivity contribution in [3.05, 3.63) is 99.2 Å². The van der Waals surface area contributed by atoms with E-state index in [2.05, 4.69) is 15.2 Å². The molecule has 1 atom stereocenters. The van der Waals surface area contributed by atoms with Gasteiger partial charge < -0.3 is 39.5 Å². The van der Waals surface area contributed by atoms with Gasteiger partial charge in [-0.2, -0.15) is 0 Å². The molecule has 3 aromatic heterocycles. The van der Waals surface area contributed by atoms with Crippen LogP contribution >= 0.6 is 11.3 Å². The lowest BCUT2D eigenvalue weighted by molar-refractivity contribution is -0.0916. The average molecular weight is 781 g/mol. The number of thiophene rings is 1. The first-order valence-electron chi connectivity index (χ1n) is 18.4. The van der Waals surface area contributed by atoms with Crippen molar-refractivity contribution >= 4 is 34.7 Å². The summed E-state index contributed by atoms with van der Waals surface area (Å²) in [5.74, 6) is -0.453. The molecule has 2 amide bonds. The Morgan fingerprint density at radius 1 is 1.02 bits per heavy atom. The Hall–Kier alpha value is -5.61. The van der Waals surface area contributed by atoms with Crippen LogP contribution in [0.3, 0.4) is 0 Å². The number of hydrogen-bond donors (Lipinski definition) is 2. The van der Waals surface area contributed by atoms with Crippen molar-refractivity contribution in [1.82, 2.24) is 19.4 Å². The number of ether oxygens (including phenoxy) is 4. The van der Waals surface area contributed by atoms with E-state index in [9.17, 15) is 14.4 Å². The Balaban J connectivity index is 1.03. The van der Waals surface area contributed by atoms with E-state index in [4.69, 9.17) is 24.7 Å². The normalized spacial score (nSPS) is 16.9. The lowest BCUT2D eigenvalue weighted by atomic mass is 10.00. The first kappa shape index (κ1) is 37.3. The molecule has 6 heterocycles. The van der Waals surface area contributed by atoms with E-state index in [1.807, 2.05) is 31.2 Å². The summed E-state index contributed by atoms with van der Waals surface area (Å²) in [4.78, 5) is 51.4. The zero-order chi connectivity index (χ0) is 38.9. The minimum atomic E-state index is -0.739. The van der Waals surface area contributed by atoms with E-state index >= 15 is 4.39 Å². The third-order valence-corrected chi connectivity index (χ3v) is 11.2. The molecule has 5 aromatic rings. The number of pyridine rings is 2. The molecule has 3 aliphatic heterocycles. The molecule has 8 rings (SSSR count). The molecule has 15 heteroatoms. The second-order valence-corrected chi connectivity index (χ2v) is 15.1. The van der Waals surface area contributed by atoms with Gasteiger partial charge in [0.1, 0.15) is 29.5 Å². The monoisotopic (exact) mass is 780 g/mol. The molecule has 0 aliphatic carbocycles. The number of morpholine rings is 1. The maximum atomic E-state index is 15.9. The summed E-state index contributed by atoms with van der Waals surface area (Å²) >= 11 is 1.37. The fraction of sp³-hybridized carbons (Fsp3) is 0.317. The predicted octanol–water partition coefficient (Wildman–Crippen LogP) is 5.51. The van der Waals surface area contributed by atoms with Crippen LogP contribution in [0.5, 0.6) is 11.5 Å². The third kappa shape index (κ3) is 7.38. The number of nitrogens with one attached hydrogen (secondary N) is 1. The van der Waals surface area contributed by atoms with Crippen LogP contribution in [0.25, 0.3) is 32.7 Å². The van der Waals surface area contributed by atoms with Crippen molar-refractivity contribution in [2.24, 2.45) is 0 Å². The number of rotatable bonds is 10. The van der Waals surface area contributed by atoms with Crippen LogP contribution in [-0.4, -0.2) is 97.1 Å². The number of aromatic nitrogens is 2. The van der Waals surface area contributed by atoms with Crippen molar-refractivity contribution in [3.8, 4) is 44.2 Å². The first-order valence-corrected chi connectivity index (χ1v) is 19.2. The summed E-state index contributed by atoms with van der Waals surface area (Å²) in [6, 6.07) is 15.1. The van der Waals surface area contributed by atoms with Gasteiger partial charge in [-0.15, -0.1) is 11.3 Å². The molecule has 13 nitrogen and oxygen atoms in total. The van der Waals surface area contributed by atoms with E-state index in [-0.39, 0.29) is 46.3 Å². The van der Waals surface area contributed by atoms with E-state index in [1.165, 1.54) is 35.7 Å². The highest BCUT2D eigenvalue weighted by molar-refractivity contribution is 7.15. The van der Waals surface area contributed by atoms with Gasteiger partial charge >= 0.3 is 0 Å². The summed E-state index contributed by atoms with van der Waals surface area (Å²) in [7, 11) is 1.57. The summed E-state index contributed by atoms with van der Waals surface area (Å²) < 4.78 is 40.5. The van der Waals surface area contributed by atoms with Crippen molar-refractivity contribution in [3.63, 3.8) is 0 Å². The van der Waals surface area contributed by atoms with Crippen LogP contribution in [0, 0.1) is 12.7 Å². The van der Waals surface area contributed by atoms with Crippen LogP contribution in [0.15, 0.2) is 71.8 Å². The average Bonchev–Trinajstić information content (AvgIpc) is 3.64. The Bertz CT molecular complexity index is 2380. The largest absolute Gasteiger partial charge is 0.493 e. The van der Waals surface area contributed by atoms with Crippen molar-refractivity contribution in [2.75, 3.05) is 70.8 Å². The number of fused-ring (bicyclic) bond motifs is 2. The van der Waals surface area contributed by atoms with Gasteiger partial charge in [-0.05, 0) is 67.4 Å². The number of halogens is 1. The number of nitrogens with zero attached hydrogens (tertiary/aromatic N) is 4. The first-order chi connectivity index (χ1) is 27.2. The zero-order valence-electron chi connectivity index (χ0n) is 31.0. The highest BCUT2D eigenvalue weighted by Crippen LogP contribution is 2.37. The van der Waals surface area contributed by atoms with Gasteiger partial charge in [0.2, 0.25) is 5.43 Å². The molecule has 0 spiro atoms. The molecular formula is C41H41FN6O7S. The summed E-state index contributed by atoms with van der Waals surface area (Å²) in [5.41, 5.74) is 7.98. The fourth-order valence-corrected chi connectivity index (χ4v) is 8.22. The Labute approximate surface area is 326 Å². The molecule has 2 fully saturated rings. The molecule has 0 saturated carbocycles. The quantitative estimate of drug-likeness (QED) is 0.186. The number of aryl methyl sites for hydroxylation is 1. The standard InChI is InChI=1S/C41H41FN6O7S/c1-24-4-9-34(56-24)36-37-41(51)48-10-3-14-55-35(48)23-47(37)22-30(38(36)49)40(50)45-27-6-7-28(31(42)20-27)29-18-26(21-44-39(29)43)25-5-8-32(33(19-25)52-2)54-17-13-46-11-15-53-16-12-46/h4-9,18-22,35H,3,10-17,23H2,1-2H3,(H2,43,44)(H,45,50). The van der Waals surface area contributed by atoms with Gasteiger partial charge in [0.25, 0.3) is 11.8 Å². The summed E-state index contributed by atoms with van der Waals surface area (Å²) in [5, 5.41) is 2.68. The molecule has 0 radical (unpaired) electrons. The number of amides is 2. The van der Waals surface area contributed by atoms with Gasteiger partial charge in [0.15, 0.2) is 17.7 Å². The van der Waals surface area contributed by atoms with Gasteiger partial charge in [-0.3, -0.25) is 19.3 Å². The van der Waals surface area contributed by atoms with E-state index in [0.717, 1.165) is 43.3 Å². The maximum absolute atomic E-state index is 15.9. The van der Waals surface area contributed by atoms with Gasteiger partial charge in [0.05, 0.1) is 39.0 Å². The molecule has 2 saturated heterocycles. The van der Waals surface area contributed by atoms with Crippen molar-refractivity contribution in [1.29, 1.82) is 0 Å². The van der Waals surface area contributed by atoms with Crippen molar-refractivity contribution in [2.45, 2.75) is 26.1 Å². The zero-order valence-corrected chi connectivity index (χ0v) is 31.8. The predicted molar refractivity (Wildman–Crippen MR) is 211 cm³/mol. The van der Waals surface area contributed by atoms with Crippen LogP contribution in [0.1, 0.15) is 32.1 Å². The van der Waals surface area contributed by atoms with E-state index in [1.54, 1.807) is 34.9 Å². The van der Waals surface area contributed by atoms with Crippen molar-refractivity contribution < 1.29 is 32.9 Å². The number of hydrogen-bond acceptors (Lipinski definition) is 11. The van der Waals surface area contributed by atoms with E-state index in [0.29, 0.717) is 53.7 Å². The summed E-state index contributed by atoms with van der Waals surface area (Å²) in [6.45, 7) is 7.64. The van der Waals surface area contributed by atoms with Gasteiger partial charge in [-0.25, -0.2) is 9.37 Å². The minimum absolute atomic E-state index is 0.118. The molecular weight excluding hydrogens is 740 g/mol. The minimum Gasteiger partial charge on any atom is -0.493 e. The lowest BCUT2D eigenvalue weighted by Gasteiger charge is -2.40. The van der Waals surface area contributed by atoms with Crippen LogP contribution in [-0.2, 0) is 16.0 Å². The van der Waals surface area contributed by atoms with E-state index < -0.39 is 23.4 Å². The fourth-order valence-electron chi connectivity index (χ4n) is 7.31. The second kappa shape index (κ2) is 15.9. The Kier molecular flexibility index (Phi) is 10.6. The summed E-state index contributed by atoms with van der Waals surface area (Å²) in [6.07, 6.45) is 3.19. The third-order valence-electron chi connectivity index (χ3n) is 10.2. The molecule has 56 heavy (non-hydrogen) atoms. The number of methoxy groups -OCH3 is 1. The number of nitrogens with two attached hydrogens (primary N) is 1. The molecule has 0 bridgehead atoms.